The molecule has 0 amide bonds. The van der Waals surface area contributed by atoms with Crippen LogP contribution in [-0.2, 0) is 0 Å². The first-order valence-electron chi connectivity index (χ1n) is 17.2. The molecule has 4 heterocycles. The number of hydrogen-bond acceptors (Lipinski definition) is 3. The van der Waals surface area contributed by atoms with E-state index < -0.39 is 0 Å². The molecule has 0 bridgehead atoms. The van der Waals surface area contributed by atoms with Crippen molar-refractivity contribution in [3.63, 3.8) is 0 Å². The molecule has 50 heavy (non-hydrogen) atoms. The van der Waals surface area contributed by atoms with Gasteiger partial charge in [0.2, 0.25) is 0 Å². The lowest BCUT2D eigenvalue weighted by Crippen LogP contribution is -2.21. The second-order valence-electron chi connectivity index (χ2n) is 13.4. The van der Waals surface area contributed by atoms with E-state index in [4.69, 9.17) is 9.97 Å². The van der Waals surface area contributed by atoms with Gasteiger partial charge in [0, 0.05) is 34.3 Å². The zero-order valence-corrected chi connectivity index (χ0v) is 27.1. The average molecular weight is 639 g/mol. The van der Waals surface area contributed by atoms with Crippen LogP contribution in [0.4, 0.5) is 5.69 Å². The van der Waals surface area contributed by atoms with Crippen LogP contribution in [0, 0.1) is 0 Å². The van der Waals surface area contributed by atoms with Crippen molar-refractivity contribution in [1.82, 2.24) is 14.4 Å². The fourth-order valence-corrected chi connectivity index (χ4v) is 8.41. The van der Waals surface area contributed by atoms with Crippen molar-refractivity contribution in [2.75, 3.05) is 5.32 Å². The van der Waals surface area contributed by atoms with E-state index >= 15 is 0 Å². The Balaban J connectivity index is 1.10. The maximum atomic E-state index is 5.18. The second-order valence-corrected chi connectivity index (χ2v) is 13.4. The van der Waals surface area contributed by atoms with E-state index in [0.29, 0.717) is 0 Å². The lowest BCUT2D eigenvalue weighted by atomic mass is 9.79. The van der Waals surface area contributed by atoms with Crippen molar-refractivity contribution in [2.45, 2.75) is 12.0 Å². The van der Waals surface area contributed by atoms with Gasteiger partial charge in [0.25, 0.3) is 0 Å². The summed E-state index contributed by atoms with van der Waals surface area (Å²) in [5.41, 5.74) is 15.9. The van der Waals surface area contributed by atoms with Crippen LogP contribution in [0.5, 0.6) is 0 Å². The fourth-order valence-electron chi connectivity index (χ4n) is 8.41. The summed E-state index contributed by atoms with van der Waals surface area (Å²) in [6.07, 6.45) is 6.84. The Bertz CT molecular complexity index is 2860. The van der Waals surface area contributed by atoms with Crippen LogP contribution in [0.25, 0.3) is 77.9 Å². The van der Waals surface area contributed by atoms with E-state index in [0.717, 1.165) is 50.0 Å². The van der Waals surface area contributed by atoms with Gasteiger partial charge in [-0.2, -0.15) is 0 Å². The molecular formula is C46H30N4. The predicted octanol–water partition coefficient (Wildman–Crippen LogP) is 11.1. The van der Waals surface area contributed by atoms with Gasteiger partial charge in [-0.15, -0.1) is 0 Å². The van der Waals surface area contributed by atoms with Crippen LogP contribution in [0.15, 0.2) is 158 Å². The number of hydrogen-bond donors (Lipinski definition) is 1. The molecule has 4 nitrogen and oxygen atoms in total. The van der Waals surface area contributed by atoms with Crippen molar-refractivity contribution in [3.05, 3.63) is 175 Å². The Hall–Kier alpha value is -6.52. The highest BCUT2D eigenvalue weighted by Gasteiger charge is 2.37. The molecule has 1 N–H and O–H groups in total. The smallest absolute Gasteiger partial charge is 0.138 e. The molecule has 11 rings (SSSR count). The standard InChI is InChI=1S/C46H30N4/c1-2-12-29(13-3-1)43-46-45(36-19-8-9-20-38(36)47-43)49-40-24-22-33(27-50(40)46)30-15-10-16-31(25-30)37-26-32-14-5-7-18-35(32)42-41-34-17-6-4-11-28(34)21-23-39(41)48-44(37)42/h1-27,39,41,48H. The summed E-state index contributed by atoms with van der Waals surface area (Å²) in [5, 5.41) is 7.61. The topological polar surface area (TPSA) is 42.2 Å². The molecule has 0 saturated heterocycles. The van der Waals surface area contributed by atoms with Gasteiger partial charge >= 0.3 is 0 Å². The Morgan fingerprint density at radius 2 is 1.38 bits per heavy atom. The minimum Gasteiger partial charge on any atom is -0.377 e. The number of fused-ring (bicyclic) bond motifs is 12. The summed E-state index contributed by atoms with van der Waals surface area (Å²) in [4.78, 5) is 10.3. The Kier molecular flexibility index (Phi) is 5.75. The maximum Gasteiger partial charge on any atom is 0.138 e. The highest BCUT2D eigenvalue weighted by atomic mass is 15.0. The van der Waals surface area contributed by atoms with Crippen LogP contribution in [0.1, 0.15) is 22.6 Å². The number of anilines is 1. The van der Waals surface area contributed by atoms with E-state index in [-0.39, 0.29) is 12.0 Å². The van der Waals surface area contributed by atoms with E-state index in [2.05, 4.69) is 162 Å². The highest BCUT2D eigenvalue weighted by Crippen LogP contribution is 2.51. The Morgan fingerprint density at radius 3 is 2.32 bits per heavy atom. The Labute approximate surface area is 289 Å². The van der Waals surface area contributed by atoms with E-state index in [1.54, 1.807) is 0 Å². The minimum atomic E-state index is 0.216. The first kappa shape index (κ1) is 27.4. The van der Waals surface area contributed by atoms with Gasteiger partial charge in [0.1, 0.15) is 11.2 Å². The van der Waals surface area contributed by atoms with Gasteiger partial charge in [-0.25, -0.2) is 9.97 Å². The summed E-state index contributed by atoms with van der Waals surface area (Å²) in [6, 6.07) is 52.3. The molecular weight excluding hydrogens is 609 g/mol. The Morgan fingerprint density at radius 1 is 0.600 bits per heavy atom. The molecule has 3 aromatic heterocycles. The summed E-state index contributed by atoms with van der Waals surface area (Å²) in [5.74, 6) is 0.264. The van der Waals surface area contributed by atoms with Crippen molar-refractivity contribution in [2.24, 2.45) is 0 Å². The van der Waals surface area contributed by atoms with E-state index in [1.807, 2.05) is 12.1 Å². The molecule has 2 unspecified atom stereocenters. The molecule has 1 aliphatic carbocycles. The number of para-hydroxylation sites is 1. The number of rotatable bonds is 3. The number of pyridine rings is 2. The summed E-state index contributed by atoms with van der Waals surface area (Å²) >= 11 is 0. The van der Waals surface area contributed by atoms with Crippen molar-refractivity contribution >= 4 is 50.1 Å². The maximum absolute atomic E-state index is 5.18. The number of nitrogens with one attached hydrogen (secondary N) is 1. The summed E-state index contributed by atoms with van der Waals surface area (Å²) < 4.78 is 2.23. The van der Waals surface area contributed by atoms with Crippen molar-refractivity contribution < 1.29 is 0 Å². The molecule has 9 aromatic rings. The molecule has 4 heteroatoms. The molecule has 0 fully saturated rings. The largest absolute Gasteiger partial charge is 0.377 e. The molecule has 1 aliphatic heterocycles. The minimum absolute atomic E-state index is 0.216. The van der Waals surface area contributed by atoms with Gasteiger partial charge in [-0.3, -0.25) is 4.40 Å². The normalized spacial score (nSPS) is 16.1. The number of imidazole rings is 1. The molecule has 234 valence electrons. The number of nitrogens with zero attached hydrogens (tertiary/aromatic N) is 3. The van der Waals surface area contributed by atoms with E-state index in [9.17, 15) is 0 Å². The number of benzene rings is 6. The van der Waals surface area contributed by atoms with Crippen LogP contribution >= 0.6 is 0 Å². The fraction of sp³-hybridized carbons (Fsp3) is 0.0435. The molecule has 2 atom stereocenters. The van der Waals surface area contributed by atoms with Gasteiger partial charge in [-0.05, 0) is 74.5 Å². The van der Waals surface area contributed by atoms with Gasteiger partial charge in [0.05, 0.1) is 22.8 Å². The monoisotopic (exact) mass is 638 g/mol. The predicted molar refractivity (Wildman–Crippen MR) is 207 cm³/mol. The average Bonchev–Trinajstić information content (AvgIpc) is 3.77. The molecule has 6 aromatic carbocycles. The summed E-state index contributed by atoms with van der Waals surface area (Å²) in [6.45, 7) is 0. The van der Waals surface area contributed by atoms with Gasteiger partial charge in [-0.1, -0.05) is 127 Å². The van der Waals surface area contributed by atoms with Crippen molar-refractivity contribution in [3.8, 4) is 33.5 Å². The quantitative estimate of drug-likeness (QED) is 0.209. The van der Waals surface area contributed by atoms with E-state index in [1.165, 1.54) is 44.3 Å². The molecule has 0 saturated carbocycles. The third-order valence-corrected chi connectivity index (χ3v) is 10.7. The zero-order chi connectivity index (χ0) is 32.8. The molecule has 0 spiro atoms. The summed E-state index contributed by atoms with van der Waals surface area (Å²) in [7, 11) is 0. The first-order chi connectivity index (χ1) is 24.8. The lowest BCUT2D eigenvalue weighted by molar-refractivity contribution is 0.782. The third kappa shape index (κ3) is 3.99. The lowest BCUT2D eigenvalue weighted by Gasteiger charge is -2.24. The molecule has 0 radical (unpaired) electrons. The first-order valence-corrected chi connectivity index (χ1v) is 17.2. The number of aromatic nitrogens is 3. The van der Waals surface area contributed by atoms with Crippen molar-refractivity contribution in [1.29, 1.82) is 0 Å². The SMILES string of the molecule is C1=CC2Nc3c(-c4cccc(-c5ccc6nc7c8ccccc8nc(-c8ccccc8)c7n6c5)c4)cc4ccccc4c3C2c2ccccc21. The molecule has 2 aliphatic rings. The van der Waals surface area contributed by atoms with Gasteiger partial charge in [0.15, 0.2) is 0 Å². The van der Waals surface area contributed by atoms with Crippen LogP contribution < -0.4 is 5.32 Å². The second kappa shape index (κ2) is 10.5. The third-order valence-electron chi connectivity index (χ3n) is 10.7. The van der Waals surface area contributed by atoms with Crippen LogP contribution in [0.3, 0.4) is 0 Å². The van der Waals surface area contributed by atoms with Crippen LogP contribution in [-0.4, -0.2) is 20.4 Å². The highest BCUT2D eigenvalue weighted by molar-refractivity contribution is 6.09. The van der Waals surface area contributed by atoms with Crippen LogP contribution in [0.2, 0.25) is 0 Å². The zero-order valence-electron chi connectivity index (χ0n) is 27.1. The van der Waals surface area contributed by atoms with Gasteiger partial charge < -0.3 is 5.32 Å².